The highest BCUT2D eigenvalue weighted by Gasteiger charge is 2.03. The molecule has 0 spiro atoms. The molecule has 0 radical (unpaired) electrons. The lowest BCUT2D eigenvalue weighted by Crippen LogP contribution is -1.70. The van der Waals surface area contributed by atoms with Crippen LogP contribution in [0.1, 0.15) is 9.80 Å². The highest BCUT2D eigenvalue weighted by atomic mass is 35.5. The molecule has 2 aromatic rings. The Morgan fingerprint density at radius 1 is 1.43 bits per heavy atom. The number of halogens is 1. The third kappa shape index (κ3) is 1.84. The Morgan fingerprint density at radius 2 is 2.29 bits per heavy atom. The summed E-state index contributed by atoms with van der Waals surface area (Å²) in [6.45, 7) is 0. The van der Waals surface area contributed by atoms with Gasteiger partial charge in [-0.05, 0) is 17.7 Å². The molecule has 0 aliphatic carbocycles. The van der Waals surface area contributed by atoms with Gasteiger partial charge in [0, 0.05) is 11.2 Å². The second kappa shape index (κ2) is 3.90. The molecule has 0 N–H and O–H groups in total. The van der Waals surface area contributed by atoms with Crippen LogP contribution < -0.4 is 0 Å². The molecule has 0 aliphatic heterocycles. The van der Waals surface area contributed by atoms with Crippen LogP contribution in [-0.4, -0.2) is 11.3 Å². The predicted octanol–water partition coefficient (Wildman–Crippen LogP) is 3.28. The number of nitrogens with zero attached hydrogens (tertiary/aromatic N) is 1. The number of carbonyl (C=O) groups is 1. The van der Waals surface area contributed by atoms with Crippen molar-refractivity contribution in [1.82, 2.24) is 4.98 Å². The average molecular weight is 224 g/mol. The smallest absolute Gasteiger partial charge is 0.178 e. The van der Waals surface area contributed by atoms with Crippen LogP contribution in [0.4, 0.5) is 0 Å². The molecule has 14 heavy (non-hydrogen) atoms. The fraction of sp³-hybridized carbons (Fsp3) is 0. The number of hydrogen-bond acceptors (Lipinski definition) is 3. The van der Waals surface area contributed by atoms with E-state index in [0.717, 1.165) is 16.7 Å². The van der Waals surface area contributed by atoms with E-state index >= 15 is 0 Å². The standard InChI is InChI=1S/C10H6ClNOS/c11-8-3-1-2-7(4-8)9-5-12-10(6-13)14-9/h1-6H. The lowest BCUT2D eigenvalue weighted by atomic mass is 10.2. The molecule has 2 nitrogen and oxygen atoms in total. The second-order valence-electron chi connectivity index (χ2n) is 2.69. The molecule has 0 atom stereocenters. The maximum Gasteiger partial charge on any atom is 0.178 e. The summed E-state index contributed by atoms with van der Waals surface area (Å²) in [5.41, 5.74) is 0.989. The Kier molecular flexibility index (Phi) is 2.61. The molecule has 1 heterocycles. The number of rotatable bonds is 2. The van der Waals surface area contributed by atoms with Crippen LogP contribution in [0.2, 0.25) is 5.02 Å². The van der Waals surface area contributed by atoms with Gasteiger partial charge in [0.15, 0.2) is 11.3 Å². The summed E-state index contributed by atoms with van der Waals surface area (Å²) in [7, 11) is 0. The fourth-order valence-corrected chi connectivity index (χ4v) is 2.04. The largest absolute Gasteiger partial charge is 0.295 e. The third-order valence-electron chi connectivity index (χ3n) is 1.73. The van der Waals surface area contributed by atoms with Gasteiger partial charge in [0.2, 0.25) is 0 Å². The minimum Gasteiger partial charge on any atom is -0.295 e. The van der Waals surface area contributed by atoms with Crippen LogP contribution in [0, 0.1) is 0 Å². The average Bonchev–Trinajstić information content (AvgIpc) is 2.66. The summed E-state index contributed by atoms with van der Waals surface area (Å²) in [6, 6.07) is 7.47. The first kappa shape index (κ1) is 9.37. The van der Waals surface area contributed by atoms with E-state index in [9.17, 15) is 4.79 Å². The zero-order chi connectivity index (χ0) is 9.97. The molecular weight excluding hydrogens is 218 g/mol. The molecule has 70 valence electrons. The highest BCUT2D eigenvalue weighted by molar-refractivity contribution is 7.16. The number of hydrogen-bond donors (Lipinski definition) is 0. The van der Waals surface area contributed by atoms with Crippen molar-refractivity contribution in [2.45, 2.75) is 0 Å². The van der Waals surface area contributed by atoms with E-state index in [1.807, 2.05) is 24.3 Å². The van der Waals surface area contributed by atoms with Gasteiger partial charge in [0.05, 0.1) is 4.88 Å². The molecule has 1 aromatic carbocycles. The third-order valence-corrected chi connectivity index (χ3v) is 2.94. The van der Waals surface area contributed by atoms with Crippen LogP contribution in [0.25, 0.3) is 10.4 Å². The highest BCUT2D eigenvalue weighted by Crippen LogP contribution is 2.27. The molecule has 0 aliphatic rings. The lowest BCUT2D eigenvalue weighted by molar-refractivity contribution is 0.112. The van der Waals surface area contributed by atoms with Crippen LogP contribution in [0.5, 0.6) is 0 Å². The van der Waals surface area contributed by atoms with Gasteiger partial charge in [-0.25, -0.2) is 4.98 Å². The van der Waals surface area contributed by atoms with Crippen molar-refractivity contribution in [2.24, 2.45) is 0 Å². The van der Waals surface area contributed by atoms with E-state index in [-0.39, 0.29) is 0 Å². The van der Waals surface area contributed by atoms with Crippen molar-refractivity contribution in [3.05, 3.63) is 40.5 Å². The van der Waals surface area contributed by atoms with Crippen LogP contribution in [-0.2, 0) is 0 Å². The van der Waals surface area contributed by atoms with Crippen molar-refractivity contribution in [3.8, 4) is 10.4 Å². The Hall–Kier alpha value is -1.19. The summed E-state index contributed by atoms with van der Waals surface area (Å²) in [5, 5.41) is 1.17. The zero-order valence-corrected chi connectivity index (χ0v) is 8.68. The van der Waals surface area contributed by atoms with Crippen LogP contribution in [0.15, 0.2) is 30.5 Å². The number of aldehydes is 1. The number of carbonyl (C=O) groups excluding carboxylic acids is 1. The number of benzene rings is 1. The fourth-order valence-electron chi connectivity index (χ4n) is 1.12. The van der Waals surface area contributed by atoms with E-state index in [4.69, 9.17) is 11.6 Å². The van der Waals surface area contributed by atoms with E-state index in [1.165, 1.54) is 11.3 Å². The van der Waals surface area contributed by atoms with Crippen LogP contribution >= 0.6 is 22.9 Å². The van der Waals surface area contributed by atoms with Crippen molar-refractivity contribution in [2.75, 3.05) is 0 Å². The molecule has 0 saturated carbocycles. The Labute approximate surface area is 90.2 Å². The van der Waals surface area contributed by atoms with Gasteiger partial charge < -0.3 is 0 Å². The first-order valence-corrected chi connectivity index (χ1v) is 5.16. The molecule has 0 unspecified atom stereocenters. The summed E-state index contributed by atoms with van der Waals surface area (Å²) in [4.78, 5) is 15.3. The SMILES string of the molecule is O=Cc1ncc(-c2cccc(Cl)c2)s1. The molecule has 0 bridgehead atoms. The van der Waals surface area contributed by atoms with E-state index in [1.54, 1.807) is 6.20 Å². The van der Waals surface area contributed by atoms with Gasteiger partial charge >= 0.3 is 0 Å². The number of thiazole rings is 1. The van der Waals surface area contributed by atoms with Gasteiger partial charge in [-0.1, -0.05) is 23.7 Å². The second-order valence-corrected chi connectivity index (χ2v) is 4.19. The van der Waals surface area contributed by atoms with Crippen molar-refractivity contribution >= 4 is 29.2 Å². The monoisotopic (exact) mass is 223 g/mol. The van der Waals surface area contributed by atoms with Crippen LogP contribution in [0.3, 0.4) is 0 Å². The maximum atomic E-state index is 10.4. The molecule has 0 fully saturated rings. The van der Waals surface area contributed by atoms with E-state index in [0.29, 0.717) is 10.0 Å². The summed E-state index contributed by atoms with van der Waals surface area (Å²) < 4.78 is 0. The first-order valence-electron chi connectivity index (χ1n) is 3.96. The van der Waals surface area contributed by atoms with E-state index in [2.05, 4.69) is 4.98 Å². The predicted molar refractivity (Wildman–Crippen MR) is 57.9 cm³/mol. The Morgan fingerprint density at radius 3 is 2.93 bits per heavy atom. The molecule has 1 aromatic heterocycles. The quantitative estimate of drug-likeness (QED) is 0.732. The summed E-state index contributed by atoms with van der Waals surface area (Å²) in [5.74, 6) is 0. The topological polar surface area (TPSA) is 30.0 Å². The molecule has 4 heteroatoms. The first-order chi connectivity index (χ1) is 6.79. The van der Waals surface area contributed by atoms with Gasteiger partial charge in [-0.2, -0.15) is 0 Å². The molecule has 0 saturated heterocycles. The zero-order valence-electron chi connectivity index (χ0n) is 7.11. The maximum absolute atomic E-state index is 10.4. The van der Waals surface area contributed by atoms with E-state index < -0.39 is 0 Å². The van der Waals surface area contributed by atoms with Gasteiger partial charge in [-0.15, -0.1) is 11.3 Å². The normalized spacial score (nSPS) is 10.1. The Balaban J connectivity index is 2.43. The van der Waals surface area contributed by atoms with Crippen molar-refractivity contribution < 1.29 is 4.79 Å². The molecule has 2 rings (SSSR count). The minimum absolute atomic E-state index is 0.486. The lowest BCUT2D eigenvalue weighted by Gasteiger charge is -1.95. The number of aromatic nitrogens is 1. The van der Waals surface area contributed by atoms with Gasteiger partial charge in [-0.3, -0.25) is 4.79 Å². The molecule has 0 amide bonds. The summed E-state index contributed by atoms with van der Waals surface area (Å²) in [6.07, 6.45) is 2.43. The van der Waals surface area contributed by atoms with Crippen molar-refractivity contribution in [1.29, 1.82) is 0 Å². The Bertz CT molecular complexity index is 467. The van der Waals surface area contributed by atoms with Gasteiger partial charge in [0.1, 0.15) is 0 Å². The minimum atomic E-state index is 0.486. The van der Waals surface area contributed by atoms with Gasteiger partial charge in [0.25, 0.3) is 0 Å². The van der Waals surface area contributed by atoms with Crippen molar-refractivity contribution in [3.63, 3.8) is 0 Å². The molecular formula is C10H6ClNOS. The summed E-state index contributed by atoms with van der Waals surface area (Å²) >= 11 is 7.21.